The average Bonchev–Trinajstić information content (AvgIpc) is 2.44. The number of hydrogen-bond donors (Lipinski definition) is 1. The SMILES string of the molecule is Cc1nn(C)cc1CN1CC(N)C1=O. The first-order chi connectivity index (χ1) is 6.58. The Balaban J connectivity index is 2.05. The zero-order valence-corrected chi connectivity index (χ0v) is 8.40. The van der Waals surface area contributed by atoms with Crippen LogP contribution >= 0.6 is 0 Å². The highest BCUT2D eigenvalue weighted by molar-refractivity contribution is 5.87. The van der Waals surface area contributed by atoms with E-state index in [1.165, 1.54) is 0 Å². The minimum atomic E-state index is -0.285. The molecule has 1 aliphatic heterocycles. The van der Waals surface area contributed by atoms with Gasteiger partial charge in [-0.15, -0.1) is 0 Å². The third-order valence-corrected chi connectivity index (χ3v) is 2.52. The molecule has 1 aromatic rings. The van der Waals surface area contributed by atoms with Crippen LogP contribution in [0.25, 0.3) is 0 Å². The third kappa shape index (κ3) is 1.39. The van der Waals surface area contributed by atoms with E-state index in [2.05, 4.69) is 5.10 Å². The summed E-state index contributed by atoms with van der Waals surface area (Å²) in [6.45, 7) is 3.24. The molecule has 2 heterocycles. The summed E-state index contributed by atoms with van der Waals surface area (Å²) >= 11 is 0. The van der Waals surface area contributed by atoms with E-state index in [0.29, 0.717) is 13.1 Å². The van der Waals surface area contributed by atoms with E-state index in [9.17, 15) is 4.79 Å². The summed E-state index contributed by atoms with van der Waals surface area (Å²) in [7, 11) is 1.88. The maximum Gasteiger partial charge on any atom is 0.241 e. The molecule has 0 spiro atoms. The molecule has 0 aliphatic carbocycles. The molecule has 0 aromatic carbocycles. The van der Waals surface area contributed by atoms with Gasteiger partial charge < -0.3 is 10.6 Å². The summed E-state index contributed by atoms with van der Waals surface area (Å²) in [5.74, 6) is 0.0354. The molecule has 0 bridgehead atoms. The number of nitrogens with zero attached hydrogens (tertiary/aromatic N) is 3. The number of carbonyl (C=O) groups is 1. The summed E-state index contributed by atoms with van der Waals surface area (Å²) in [6, 6.07) is -0.285. The van der Waals surface area contributed by atoms with E-state index in [4.69, 9.17) is 5.73 Å². The highest BCUT2D eigenvalue weighted by atomic mass is 16.2. The standard InChI is InChI=1S/C9H14N4O/c1-6-7(3-12(2)11-6)4-13-5-8(10)9(13)14/h3,8H,4-5,10H2,1-2H3. The maximum atomic E-state index is 11.3. The number of aryl methyl sites for hydroxylation is 2. The first-order valence-corrected chi connectivity index (χ1v) is 4.61. The van der Waals surface area contributed by atoms with E-state index in [-0.39, 0.29) is 11.9 Å². The first kappa shape index (κ1) is 9.21. The van der Waals surface area contributed by atoms with Crippen LogP contribution < -0.4 is 5.73 Å². The van der Waals surface area contributed by atoms with E-state index in [1.54, 1.807) is 9.58 Å². The molecule has 1 saturated heterocycles. The smallest absolute Gasteiger partial charge is 0.241 e. The van der Waals surface area contributed by atoms with Gasteiger partial charge in [0.05, 0.1) is 5.69 Å². The Morgan fingerprint density at radius 2 is 2.43 bits per heavy atom. The molecular weight excluding hydrogens is 180 g/mol. The van der Waals surface area contributed by atoms with Gasteiger partial charge in [0.2, 0.25) is 5.91 Å². The minimum absolute atomic E-state index is 0.0354. The van der Waals surface area contributed by atoms with Crippen molar-refractivity contribution in [2.75, 3.05) is 6.54 Å². The average molecular weight is 194 g/mol. The fraction of sp³-hybridized carbons (Fsp3) is 0.556. The Kier molecular flexibility index (Phi) is 2.03. The Bertz CT molecular complexity index is 371. The number of carbonyl (C=O) groups excluding carboxylic acids is 1. The molecule has 0 radical (unpaired) electrons. The van der Waals surface area contributed by atoms with Crippen molar-refractivity contribution in [1.82, 2.24) is 14.7 Å². The molecule has 1 aromatic heterocycles. The summed E-state index contributed by atoms with van der Waals surface area (Å²) in [6.07, 6.45) is 1.94. The second-order valence-corrected chi connectivity index (χ2v) is 3.74. The summed E-state index contributed by atoms with van der Waals surface area (Å²) in [4.78, 5) is 13.0. The van der Waals surface area contributed by atoms with Gasteiger partial charge in [0, 0.05) is 31.9 Å². The lowest BCUT2D eigenvalue weighted by molar-refractivity contribution is -0.143. The van der Waals surface area contributed by atoms with Gasteiger partial charge in [0.15, 0.2) is 0 Å². The van der Waals surface area contributed by atoms with Crippen molar-refractivity contribution in [2.24, 2.45) is 12.8 Å². The zero-order chi connectivity index (χ0) is 10.3. The number of hydrogen-bond acceptors (Lipinski definition) is 3. The maximum absolute atomic E-state index is 11.3. The predicted octanol–water partition coefficient (Wildman–Crippen LogP) is -0.602. The predicted molar refractivity (Wildman–Crippen MR) is 51.3 cm³/mol. The lowest BCUT2D eigenvalue weighted by atomic mass is 10.1. The lowest BCUT2D eigenvalue weighted by Crippen LogP contribution is -2.60. The summed E-state index contributed by atoms with van der Waals surface area (Å²) in [5.41, 5.74) is 7.56. The molecule has 5 nitrogen and oxygen atoms in total. The highest BCUT2D eigenvalue weighted by Crippen LogP contribution is 2.15. The van der Waals surface area contributed by atoms with Crippen LogP contribution in [0.1, 0.15) is 11.3 Å². The molecule has 2 rings (SSSR count). The number of aromatic nitrogens is 2. The number of amides is 1. The zero-order valence-electron chi connectivity index (χ0n) is 8.40. The van der Waals surface area contributed by atoms with Crippen LogP contribution in [-0.2, 0) is 18.4 Å². The largest absolute Gasteiger partial charge is 0.335 e. The van der Waals surface area contributed by atoms with Crippen LogP contribution in [0, 0.1) is 6.92 Å². The minimum Gasteiger partial charge on any atom is -0.335 e. The topological polar surface area (TPSA) is 64.2 Å². The quantitative estimate of drug-likeness (QED) is 0.639. The van der Waals surface area contributed by atoms with Crippen molar-refractivity contribution >= 4 is 5.91 Å². The normalized spacial score (nSPS) is 21.2. The molecule has 1 atom stereocenters. The van der Waals surface area contributed by atoms with Crippen LogP contribution in [0.4, 0.5) is 0 Å². The Morgan fingerprint density at radius 3 is 2.86 bits per heavy atom. The molecule has 1 aliphatic rings. The fourth-order valence-corrected chi connectivity index (χ4v) is 1.68. The van der Waals surface area contributed by atoms with Crippen LogP contribution in [0.2, 0.25) is 0 Å². The van der Waals surface area contributed by atoms with Crippen molar-refractivity contribution in [2.45, 2.75) is 19.5 Å². The van der Waals surface area contributed by atoms with Crippen LogP contribution in [-0.4, -0.2) is 33.2 Å². The molecule has 5 heteroatoms. The van der Waals surface area contributed by atoms with Crippen molar-refractivity contribution in [1.29, 1.82) is 0 Å². The van der Waals surface area contributed by atoms with Crippen LogP contribution in [0.3, 0.4) is 0 Å². The highest BCUT2D eigenvalue weighted by Gasteiger charge is 2.33. The molecule has 76 valence electrons. The van der Waals surface area contributed by atoms with Crippen molar-refractivity contribution < 1.29 is 4.79 Å². The van der Waals surface area contributed by atoms with Gasteiger partial charge >= 0.3 is 0 Å². The van der Waals surface area contributed by atoms with Gasteiger partial charge in [-0.1, -0.05) is 0 Å². The Hall–Kier alpha value is -1.36. The van der Waals surface area contributed by atoms with E-state index in [0.717, 1.165) is 11.3 Å². The van der Waals surface area contributed by atoms with Gasteiger partial charge in [0.25, 0.3) is 0 Å². The van der Waals surface area contributed by atoms with Crippen molar-refractivity contribution in [3.63, 3.8) is 0 Å². The molecule has 1 fully saturated rings. The van der Waals surface area contributed by atoms with Gasteiger partial charge in [-0.2, -0.15) is 5.10 Å². The molecule has 14 heavy (non-hydrogen) atoms. The fourth-order valence-electron chi connectivity index (χ4n) is 1.68. The summed E-state index contributed by atoms with van der Waals surface area (Å²) in [5, 5.41) is 4.21. The monoisotopic (exact) mass is 194 g/mol. The van der Waals surface area contributed by atoms with Crippen molar-refractivity contribution in [3.05, 3.63) is 17.5 Å². The molecule has 0 saturated carbocycles. The third-order valence-electron chi connectivity index (χ3n) is 2.52. The van der Waals surface area contributed by atoms with Crippen molar-refractivity contribution in [3.8, 4) is 0 Å². The lowest BCUT2D eigenvalue weighted by Gasteiger charge is -2.35. The van der Waals surface area contributed by atoms with E-state index >= 15 is 0 Å². The number of β-lactam (4-membered cyclic amide) rings is 1. The number of nitrogens with two attached hydrogens (primary N) is 1. The van der Waals surface area contributed by atoms with Crippen LogP contribution in [0.15, 0.2) is 6.20 Å². The second kappa shape index (κ2) is 3.09. The van der Waals surface area contributed by atoms with E-state index < -0.39 is 0 Å². The van der Waals surface area contributed by atoms with Gasteiger partial charge in [-0.25, -0.2) is 0 Å². The molecule has 1 unspecified atom stereocenters. The molecular formula is C9H14N4O. The van der Waals surface area contributed by atoms with Gasteiger partial charge in [-0.3, -0.25) is 9.48 Å². The van der Waals surface area contributed by atoms with Crippen LogP contribution in [0.5, 0.6) is 0 Å². The van der Waals surface area contributed by atoms with Gasteiger partial charge in [0.1, 0.15) is 6.04 Å². The first-order valence-electron chi connectivity index (χ1n) is 4.61. The molecule has 1 amide bonds. The Labute approximate surface area is 82.5 Å². The number of rotatable bonds is 2. The van der Waals surface area contributed by atoms with E-state index in [1.807, 2.05) is 20.2 Å². The summed E-state index contributed by atoms with van der Waals surface area (Å²) < 4.78 is 1.76. The molecule has 2 N–H and O–H groups in total. The number of likely N-dealkylation sites (tertiary alicyclic amines) is 1. The van der Waals surface area contributed by atoms with Gasteiger partial charge in [-0.05, 0) is 6.92 Å². The Morgan fingerprint density at radius 1 is 1.71 bits per heavy atom. The second-order valence-electron chi connectivity index (χ2n) is 3.74.